The zero-order valence-corrected chi connectivity index (χ0v) is 32.1. The number of pyridine rings is 2. The van der Waals surface area contributed by atoms with Crippen molar-refractivity contribution in [2.24, 2.45) is 0 Å². The quantitative estimate of drug-likeness (QED) is 0.113. The largest absolute Gasteiger partial charge is 0.476 e. The number of aromatic nitrogens is 2. The number of halogens is 1. The first-order valence-corrected chi connectivity index (χ1v) is 19.1. The normalized spacial score (nSPS) is 13.6. The molecule has 0 radical (unpaired) electrons. The van der Waals surface area contributed by atoms with Crippen molar-refractivity contribution < 1.29 is 41.6 Å². The highest BCUT2D eigenvalue weighted by atomic mass is 32.1. The number of phosphoric acid groups is 1. The molecule has 1 aliphatic carbocycles. The second-order valence-corrected chi connectivity index (χ2v) is 16.8. The van der Waals surface area contributed by atoms with Crippen molar-refractivity contribution in [3.8, 4) is 22.1 Å². The molecule has 16 heteroatoms. The van der Waals surface area contributed by atoms with Crippen LogP contribution in [0.3, 0.4) is 0 Å². The lowest BCUT2D eigenvalue weighted by Gasteiger charge is -2.31. The number of hydrogen-bond donors (Lipinski definition) is 2. The van der Waals surface area contributed by atoms with Gasteiger partial charge in [0.1, 0.15) is 12.4 Å². The summed E-state index contributed by atoms with van der Waals surface area (Å²) in [6.07, 6.45) is 5.15. The van der Waals surface area contributed by atoms with Crippen molar-refractivity contribution in [1.29, 1.82) is 0 Å². The van der Waals surface area contributed by atoms with E-state index in [1.807, 2.05) is 18.2 Å². The van der Waals surface area contributed by atoms with Gasteiger partial charge in [-0.15, -0.1) is 11.3 Å². The number of urea groups is 1. The van der Waals surface area contributed by atoms with E-state index in [0.717, 1.165) is 23.3 Å². The summed E-state index contributed by atoms with van der Waals surface area (Å²) < 4.78 is 57.2. The Bertz CT molecular complexity index is 1900. The van der Waals surface area contributed by atoms with Gasteiger partial charge in [-0.3, -0.25) is 28.3 Å². The molecule has 1 fully saturated rings. The highest BCUT2D eigenvalue weighted by Gasteiger charge is 2.38. The van der Waals surface area contributed by atoms with Crippen LogP contribution in [0.2, 0.25) is 0 Å². The molecule has 0 spiro atoms. The van der Waals surface area contributed by atoms with Crippen LogP contribution in [-0.4, -0.2) is 70.9 Å². The van der Waals surface area contributed by atoms with Crippen LogP contribution in [0.1, 0.15) is 59.9 Å². The monoisotopic (exact) mass is 757 g/mol. The summed E-state index contributed by atoms with van der Waals surface area (Å²) in [7, 11) is -2.55. The van der Waals surface area contributed by atoms with Gasteiger partial charge in [-0.2, -0.15) is 0 Å². The summed E-state index contributed by atoms with van der Waals surface area (Å²) in [6, 6.07) is 11.3. The fraction of sp³-hybridized carbons (Fsp3) is 0.444. The van der Waals surface area contributed by atoms with Crippen LogP contribution in [0.5, 0.6) is 11.5 Å². The lowest BCUT2D eigenvalue weighted by Crippen LogP contribution is -2.36. The molecule has 4 aromatic rings. The molecule has 2 N–H and O–H groups in total. The van der Waals surface area contributed by atoms with Gasteiger partial charge >= 0.3 is 13.9 Å². The molecule has 0 aliphatic heterocycles. The number of phosphoric ester groups is 1. The van der Waals surface area contributed by atoms with Crippen molar-refractivity contribution in [2.45, 2.75) is 78.2 Å². The molecule has 5 rings (SSSR count). The Balaban J connectivity index is 1.26. The molecule has 3 amide bonds. The van der Waals surface area contributed by atoms with Gasteiger partial charge in [0.05, 0.1) is 38.6 Å². The molecule has 0 atom stereocenters. The molecular formula is C36H45FN5O8PS. The van der Waals surface area contributed by atoms with E-state index in [4.69, 9.17) is 23.0 Å². The van der Waals surface area contributed by atoms with Crippen LogP contribution in [-0.2, 0) is 34.2 Å². The van der Waals surface area contributed by atoms with Crippen molar-refractivity contribution >= 4 is 47.0 Å². The SMILES string of the molecule is COCCN(Cc1ccc(-c2cc3nccc(Oc4ccc(NC(=O)NC5CC5)cc4F)c3s2)nc1)C(=O)COP(=O)(OC(C)(C)C)OC(C)(C)C. The molecule has 52 heavy (non-hydrogen) atoms. The van der Waals surface area contributed by atoms with Crippen LogP contribution in [0.15, 0.2) is 54.9 Å². The lowest BCUT2D eigenvalue weighted by atomic mass is 10.2. The molecule has 3 aromatic heterocycles. The minimum atomic E-state index is -4.09. The van der Waals surface area contributed by atoms with E-state index >= 15 is 4.39 Å². The first kappa shape index (κ1) is 39.2. The number of carbonyl (C=O) groups excluding carboxylic acids is 2. The van der Waals surface area contributed by atoms with Crippen LogP contribution >= 0.6 is 19.2 Å². The van der Waals surface area contributed by atoms with Gasteiger partial charge < -0.3 is 25.0 Å². The van der Waals surface area contributed by atoms with Crippen LogP contribution < -0.4 is 15.4 Å². The Morgan fingerprint density at radius 1 is 1.00 bits per heavy atom. The second kappa shape index (κ2) is 16.4. The molecule has 3 heterocycles. The number of anilines is 1. The van der Waals surface area contributed by atoms with E-state index in [2.05, 4.69) is 20.6 Å². The number of benzene rings is 1. The number of carbonyl (C=O) groups is 2. The fourth-order valence-corrected chi connectivity index (χ4v) is 7.62. The third-order valence-corrected chi connectivity index (χ3v) is 10.3. The number of methoxy groups -OCH3 is 1. The molecule has 0 saturated heterocycles. The van der Waals surface area contributed by atoms with E-state index < -0.39 is 37.4 Å². The first-order chi connectivity index (χ1) is 24.5. The molecule has 0 unspecified atom stereocenters. The second-order valence-electron chi connectivity index (χ2n) is 14.2. The zero-order valence-electron chi connectivity index (χ0n) is 30.4. The number of amides is 3. The summed E-state index contributed by atoms with van der Waals surface area (Å²) in [6.45, 7) is 10.5. The van der Waals surface area contributed by atoms with Crippen molar-refractivity contribution in [2.75, 3.05) is 32.2 Å². The Hall–Kier alpha value is -3.98. The number of nitrogens with one attached hydrogen (secondary N) is 2. The third-order valence-electron chi connectivity index (χ3n) is 7.18. The van der Waals surface area contributed by atoms with Gasteiger partial charge in [-0.05, 0) is 84.2 Å². The molecule has 1 aromatic carbocycles. The highest BCUT2D eigenvalue weighted by molar-refractivity contribution is 7.48. The van der Waals surface area contributed by atoms with Gasteiger partial charge in [0, 0.05) is 56.5 Å². The summed E-state index contributed by atoms with van der Waals surface area (Å²) in [5.74, 6) is -0.634. The van der Waals surface area contributed by atoms with E-state index in [0.29, 0.717) is 27.3 Å². The Labute approximate surface area is 306 Å². The van der Waals surface area contributed by atoms with Gasteiger partial charge in [-0.25, -0.2) is 13.8 Å². The van der Waals surface area contributed by atoms with E-state index in [-0.39, 0.29) is 37.5 Å². The minimum Gasteiger partial charge on any atom is -0.453 e. The number of ether oxygens (including phenoxy) is 2. The number of rotatable bonds is 15. The first-order valence-electron chi connectivity index (χ1n) is 16.8. The smallest absolute Gasteiger partial charge is 0.453 e. The fourth-order valence-electron chi connectivity index (χ4n) is 4.83. The minimum absolute atomic E-state index is 0.00215. The maximum atomic E-state index is 15.0. The summed E-state index contributed by atoms with van der Waals surface area (Å²) in [5.41, 5.74) is 0.695. The molecule has 280 valence electrons. The van der Waals surface area contributed by atoms with Crippen LogP contribution in [0, 0.1) is 5.82 Å². The lowest BCUT2D eigenvalue weighted by molar-refractivity contribution is -0.136. The van der Waals surface area contributed by atoms with Crippen molar-refractivity contribution in [3.63, 3.8) is 0 Å². The highest BCUT2D eigenvalue weighted by Crippen LogP contribution is 2.55. The Kier molecular flexibility index (Phi) is 12.3. The van der Waals surface area contributed by atoms with Gasteiger partial charge in [-0.1, -0.05) is 6.07 Å². The van der Waals surface area contributed by atoms with Gasteiger partial charge in [0.25, 0.3) is 0 Å². The predicted octanol–water partition coefficient (Wildman–Crippen LogP) is 8.30. The maximum Gasteiger partial charge on any atom is 0.476 e. The Morgan fingerprint density at radius 3 is 2.35 bits per heavy atom. The average Bonchev–Trinajstić information content (AvgIpc) is 3.75. The number of thiophene rings is 1. The molecule has 1 aliphatic rings. The van der Waals surface area contributed by atoms with E-state index in [1.165, 1.54) is 35.5 Å². The van der Waals surface area contributed by atoms with Crippen LogP contribution in [0.4, 0.5) is 14.9 Å². The van der Waals surface area contributed by atoms with E-state index in [9.17, 15) is 14.2 Å². The number of hydrogen-bond acceptors (Lipinski definition) is 11. The average molecular weight is 758 g/mol. The van der Waals surface area contributed by atoms with E-state index in [1.54, 1.807) is 66.1 Å². The molecular weight excluding hydrogens is 712 g/mol. The standard InChI is InChI=1S/C36H45FN5O8PS/c1-35(2,3)49-51(45,50-36(4,5)6)47-22-32(43)42(16-17-46-7)21-23-8-12-27(39-20-23)31-19-28-33(52-31)30(14-15-38-28)48-29-13-11-25(18-26(29)37)41-34(44)40-24-9-10-24/h8,11-15,18-20,24H,9-10,16-17,21-22H2,1-7H3,(H2,40,41,44). The van der Waals surface area contributed by atoms with Crippen molar-refractivity contribution in [1.82, 2.24) is 20.2 Å². The third kappa shape index (κ3) is 11.5. The summed E-state index contributed by atoms with van der Waals surface area (Å²) >= 11 is 1.39. The molecule has 13 nitrogen and oxygen atoms in total. The van der Waals surface area contributed by atoms with Gasteiger partial charge in [0.2, 0.25) is 5.91 Å². The number of nitrogens with zero attached hydrogens (tertiary/aromatic N) is 3. The maximum absolute atomic E-state index is 15.0. The van der Waals surface area contributed by atoms with Gasteiger partial charge in [0.15, 0.2) is 11.6 Å². The number of fused-ring (bicyclic) bond motifs is 1. The van der Waals surface area contributed by atoms with Crippen molar-refractivity contribution in [3.05, 3.63) is 66.2 Å². The predicted molar refractivity (Wildman–Crippen MR) is 197 cm³/mol. The molecule has 1 saturated carbocycles. The topological polar surface area (TPSA) is 150 Å². The zero-order chi connectivity index (χ0) is 37.7. The van der Waals surface area contributed by atoms with Crippen LogP contribution in [0.25, 0.3) is 20.8 Å². The Morgan fingerprint density at radius 2 is 1.73 bits per heavy atom. The molecule has 0 bridgehead atoms. The summed E-state index contributed by atoms with van der Waals surface area (Å²) in [4.78, 5) is 36.8. The summed E-state index contributed by atoms with van der Waals surface area (Å²) in [5, 5.41) is 5.44.